The molecular formula is C16H18ClNO5. The number of hydrogen-bond donors (Lipinski definition) is 0. The Kier molecular flexibility index (Phi) is 5.50. The number of fused-ring (bicyclic) bond motifs is 1. The summed E-state index contributed by atoms with van der Waals surface area (Å²) in [4.78, 5) is 24.8. The van der Waals surface area contributed by atoms with Crippen LogP contribution >= 0.6 is 11.6 Å². The molecule has 0 saturated heterocycles. The van der Waals surface area contributed by atoms with Crippen molar-refractivity contribution in [1.29, 1.82) is 0 Å². The van der Waals surface area contributed by atoms with E-state index in [-0.39, 0.29) is 5.91 Å². The summed E-state index contributed by atoms with van der Waals surface area (Å²) in [5, 5.41) is 0.409. The van der Waals surface area contributed by atoms with Gasteiger partial charge in [0.15, 0.2) is 17.6 Å². The van der Waals surface area contributed by atoms with Crippen LogP contribution < -0.4 is 9.47 Å². The van der Waals surface area contributed by atoms with Crippen LogP contribution in [0.5, 0.6) is 11.5 Å². The maximum absolute atomic E-state index is 11.8. The van der Waals surface area contributed by atoms with Gasteiger partial charge >= 0.3 is 5.97 Å². The Morgan fingerprint density at radius 1 is 1.30 bits per heavy atom. The third-order valence-electron chi connectivity index (χ3n) is 3.11. The number of carbonyl (C=O) groups excluding carboxylic acids is 2. The highest BCUT2D eigenvalue weighted by Crippen LogP contribution is 2.38. The fourth-order valence-electron chi connectivity index (χ4n) is 2.02. The molecule has 23 heavy (non-hydrogen) atoms. The van der Waals surface area contributed by atoms with Gasteiger partial charge in [0.2, 0.25) is 0 Å². The van der Waals surface area contributed by atoms with Crippen LogP contribution in [-0.2, 0) is 14.3 Å². The molecule has 0 unspecified atom stereocenters. The van der Waals surface area contributed by atoms with Crippen molar-refractivity contribution in [3.05, 3.63) is 28.8 Å². The van der Waals surface area contributed by atoms with Crippen LogP contribution in [0, 0.1) is 0 Å². The zero-order chi connectivity index (χ0) is 17.0. The molecule has 0 radical (unpaired) electrons. The maximum atomic E-state index is 11.8. The van der Waals surface area contributed by atoms with Crippen molar-refractivity contribution in [2.45, 2.75) is 13.0 Å². The van der Waals surface area contributed by atoms with Crippen molar-refractivity contribution < 1.29 is 23.8 Å². The van der Waals surface area contributed by atoms with Gasteiger partial charge in [0, 0.05) is 20.2 Å². The van der Waals surface area contributed by atoms with Gasteiger partial charge in [-0.2, -0.15) is 0 Å². The summed E-state index contributed by atoms with van der Waals surface area (Å²) in [6, 6.07) is 3.38. The molecule has 0 saturated carbocycles. The highest BCUT2D eigenvalue weighted by molar-refractivity contribution is 6.32. The number of halogens is 1. The standard InChI is InChI=1S/C16H18ClNO5/c1-10(16(20)18(2)3)23-14(19)5-4-11-8-12(17)15-13(9-11)21-6-7-22-15/h4-5,8-10H,6-7H2,1-3H3/b5-4+/t10-/m0/s1. The van der Waals surface area contributed by atoms with Crippen LogP contribution in [0.2, 0.25) is 5.02 Å². The van der Waals surface area contributed by atoms with Gasteiger partial charge in [-0.15, -0.1) is 0 Å². The molecule has 1 aliphatic rings. The lowest BCUT2D eigenvalue weighted by Gasteiger charge is -2.19. The highest BCUT2D eigenvalue weighted by atomic mass is 35.5. The molecule has 6 nitrogen and oxygen atoms in total. The average molecular weight is 340 g/mol. The van der Waals surface area contributed by atoms with Gasteiger partial charge in [0.25, 0.3) is 5.91 Å². The van der Waals surface area contributed by atoms with Crippen molar-refractivity contribution in [3.63, 3.8) is 0 Å². The smallest absolute Gasteiger partial charge is 0.331 e. The predicted molar refractivity (Wildman–Crippen MR) is 85.7 cm³/mol. The van der Waals surface area contributed by atoms with E-state index in [9.17, 15) is 9.59 Å². The summed E-state index contributed by atoms with van der Waals surface area (Å²) in [6.07, 6.45) is 1.94. The molecule has 7 heteroatoms. The predicted octanol–water partition coefficient (Wildman–Crippen LogP) is 2.14. The monoisotopic (exact) mass is 339 g/mol. The summed E-state index contributed by atoms with van der Waals surface area (Å²) in [6.45, 7) is 2.42. The summed E-state index contributed by atoms with van der Waals surface area (Å²) < 4.78 is 15.9. The van der Waals surface area contributed by atoms with E-state index in [1.165, 1.54) is 17.9 Å². The first kappa shape index (κ1) is 17.1. The van der Waals surface area contributed by atoms with E-state index in [0.29, 0.717) is 35.3 Å². The molecule has 0 spiro atoms. The highest BCUT2D eigenvalue weighted by Gasteiger charge is 2.18. The van der Waals surface area contributed by atoms with Gasteiger partial charge in [-0.1, -0.05) is 11.6 Å². The number of hydrogen-bond acceptors (Lipinski definition) is 5. The first-order valence-corrected chi connectivity index (χ1v) is 7.45. The molecule has 124 valence electrons. The van der Waals surface area contributed by atoms with Gasteiger partial charge in [-0.3, -0.25) is 4.79 Å². The quantitative estimate of drug-likeness (QED) is 0.621. The number of likely N-dealkylation sites (N-methyl/N-ethyl adjacent to an activating group) is 1. The molecule has 0 aliphatic carbocycles. The third-order valence-corrected chi connectivity index (χ3v) is 3.39. The van der Waals surface area contributed by atoms with E-state index in [2.05, 4.69) is 0 Å². The Morgan fingerprint density at radius 2 is 2.00 bits per heavy atom. The zero-order valence-corrected chi connectivity index (χ0v) is 13.9. The van der Waals surface area contributed by atoms with E-state index in [0.717, 1.165) is 0 Å². The molecular weight excluding hydrogens is 322 g/mol. The molecule has 1 aromatic carbocycles. The first-order chi connectivity index (χ1) is 10.9. The molecule has 0 N–H and O–H groups in total. The van der Waals surface area contributed by atoms with Crippen LogP contribution in [0.25, 0.3) is 6.08 Å². The van der Waals surface area contributed by atoms with Gasteiger partial charge < -0.3 is 19.1 Å². The van der Waals surface area contributed by atoms with Crippen LogP contribution in [-0.4, -0.2) is 50.2 Å². The SMILES string of the molecule is C[C@H](OC(=O)/C=C/c1cc(Cl)c2c(c1)OCCO2)C(=O)N(C)C. The zero-order valence-electron chi connectivity index (χ0n) is 13.2. The lowest BCUT2D eigenvalue weighted by atomic mass is 10.2. The lowest BCUT2D eigenvalue weighted by Crippen LogP contribution is -2.34. The number of esters is 1. The van der Waals surface area contributed by atoms with Crippen molar-refractivity contribution in [2.24, 2.45) is 0 Å². The van der Waals surface area contributed by atoms with Gasteiger partial charge in [-0.05, 0) is 30.7 Å². The maximum Gasteiger partial charge on any atom is 0.331 e. The molecule has 1 atom stereocenters. The second-order valence-electron chi connectivity index (χ2n) is 5.17. The number of benzene rings is 1. The van der Waals surface area contributed by atoms with Gasteiger partial charge in [0.1, 0.15) is 13.2 Å². The molecule has 2 rings (SSSR count). The van der Waals surface area contributed by atoms with E-state index in [4.69, 9.17) is 25.8 Å². The van der Waals surface area contributed by atoms with E-state index in [1.807, 2.05) is 0 Å². The third kappa shape index (κ3) is 4.39. The fourth-order valence-corrected chi connectivity index (χ4v) is 2.29. The average Bonchev–Trinajstić information content (AvgIpc) is 2.52. The molecule has 0 aromatic heterocycles. The molecule has 0 fully saturated rings. The molecule has 0 bridgehead atoms. The van der Waals surface area contributed by atoms with Crippen LogP contribution in [0.1, 0.15) is 12.5 Å². The summed E-state index contributed by atoms with van der Waals surface area (Å²) >= 11 is 6.12. The Labute approximate surface area is 139 Å². The minimum absolute atomic E-state index is 0.283. The number of carbonyl (C=O) groups is 2. The second-order valence-corrected chi connectivity index (χ2v) is 5.58. The van der Waals surface area contributed by atoms with Crippen molar-refractivity contribution in [3.8, 4) is 11.5 Å². The normalized spacial score (nSPS) is 14.4. The minimum Gasteiger partial charge on any atom is -0.486 e. The van der Waals surface area contributed by atoms with E-state index in [1.54, 1.807) is 32.3 Å². The molecule has 1 aliphatic heterocycles. The van der Waals surface area contributed by atoms with Gasteiger partial charge in [-0.25, -0.2) is 4.79 Å². The summed E-state index contributed by atoms with van der Waals surface area (Å²) in [5.74, 6) is 0.142. The number of ether oxygens (including phenoxy) is 3. The Bertz CT molecular complexity index is 642. The largest absolute Gasteiger partial charge is 0.486 e. The number of nitrogens with zero attached hydrogens (tertiary/aromatic N) is 1. The van der Waals surface area contributed by atoms with Crippen LogP contribution in [0.3, 0.4) is 0 Å². The lowest BCUT2D eigenvalue weighted by molar-refractivity contribution is -0.153. The van der Waals surface area contributed by atoms with Crippen LogP contribution in [0.4, 0.5) is 0 Å². The Morgan fingerprint density at radius 3 is 2.70 bits per heavy atom. The molecule has 1 heterocycles. The number of amides is 1. The van der Waals surface area contributed by atoms with Crippen molar-refractivity contribution in [2.75, 3.05) is 27.3 Å². The second kappa shape index (κ2) is 7.37. The van der Waals surface area contributed by atoms with Crippen molar-refractivity contribution >= 4 is 29.6 Å². The molecule has 1 amide bonds. The molecule has 1 aromatic rings. The first-order valence-electron chi connectivity index (χ1n) is 7.07. The summed E-state index contributed by atoms with van der Waals surface area (Å²) in [5.41, 5.74) is 0.669. The summed E-state index contributed by atoms with van der Waals surface area (Å²) in [7, 11) is 3.19. The minimum atomic E-state index is -0.842. The topological polar surface area (TPSA) is 65.1 Å². The Balaban J connectivity index is 2.04. The Hall–Kier alpha value is -2.21. The van der Waals surface area contributed by atoms with E-state index < -0.39 is 12.1 Å². The van der Waals surface area contributed by atoms with E-state index >= 15 is 0 Å². The van der Waals surface area contributed by atoms with Crippen molar-refractivity contribution in [1.82, 2.24) is 4.90 Å². The number of rotatable bonds is 4. The fraction of sp³-hybridized carbons (Fsp3) is 0.375. The van der Waals surface area contributed by atoms with Crippen LogP contribution in [0.15, 0.2) is 18.2 Å². The van der Waals surface area contributed by atoms with Gasteiger partial charge in [0.05, 0.1) is 5.02 Å².